The number of carbonyl (C=O) groups is 1. The second kappa shape index (κ2) is 8.48. The highest BCUT2D eigenvalue weighted by molar-refractivity contribution is 6.02. The second-order valence-corrected chi connectivity index (χ2v) is 6.39. The van der Waals surface area contributed by atoms with E-state index in [9.17, 15) is 4.79 Å². The molecule has 0 atom stereocenters. The zero-order valence-electron chi connectivity index (χ0n) is 15.4. The smallest absolute Gasteiger partial charge is 0.168 e. The molecule has 0 fully saturated rings. The molecule has 3 aromatic rings. The van der Waals surface area contributed by atoms with Crippen LogP contribution in [-0.4, -0.2) is 22.1 Å². The van der Waals surface area contributed by atoms with Crippen molar-refractivity contribution >= 4 is 11.6 Å². The summed E-state index contributed by atoms with van der Waals surface area (Å²) in [6.07, 6.45) is 2.20. The van der Waals surface area contributed by atoms with E-state index >= 15 is 0 Å². The standard InChI is InChI=1S/C22H25N3O/c1-3-16-23-22-21(20(26)15-14-18-10-6-4-7-11-18)17(2)24-25(22)19-12-8-5-9-13-19/h4-13,23H,3,14-16H2,1-2H3. The Hall–Kier alpha value is -2.88. The van der Waals surface area contributed by atoms with Crippen molar-refractivity contribution in [1.29, 1.82) is 0 Å². The van der Waals surface area contributed by atoms with Gasteiger partial charge in [-0.25, -0.2) is 4.68 Å². The maximum Gasteiger partial charge on any atom is 0.168 e. The summed E-state index contributed by atoms with van der Waals surface area (Å²) >= 11 is 0. The molecule has 0 bridgehead atoms. The van der Waals surface area contributed by atoms with Crippen molar-refractivity contribution in [3.05, 3.63) is 77.5 Å². The van der Waals surface area contributed by atoms with E-state index in [1.807, 2.05) is 60.1 Å². The van der Waals surface area contributed by atoms with Crippen LogP contribution in [0.2, 0.25) is 0 Å². The van der Waals surface area contributed by atoms with E-state index < -0.39 is 0 Å². The number of hydrogen-bond acceptors (Lipinski definition) is 3. The fraction of sp³-hybridized carbons (Fsp3) is 0.273. The van der Waals surface area contributed by atoms with Gasteiger partial charge in [-0.2, -0.15) is 5.10 Å². The quantitative estimate of drug-likeness (QED) is 0.594. The van der Waals surface area contributed by atoms with Crippen LogP contribution in [0.4, 0.5) is 5.82 Å². The molecule has 0 aliphatic rings. The third-order valence-electron chi connectivity index (χ3n) is 4.37. The Balaban J connectivity index is 1.89. The molecule has 0 spiro atoms. The molecular weight excluding hydrogens is 322 g/mol. The molecule has 3 rings (SSSR count). The molecule has 0 unspecified atom stereocenters. The highest BCUT2D eigenvalue weighted by Crippen LogP contribution is 2.25. The zero-order chi connectivity index (χ0) is 18.4. The average molecular weight is 347 g/mol. The van der Waals surface area contributed by atoms with Gasteiger partial charge in [-0.1, -0.05) is 55.5 Å². The van der Waals surface area contributed by atoms with Crippen molar-refractivity contribution < 1.29 is 4.79 Å². The van der Waals surface area contributed by atoms with Crippen molar-refractivity contribution in [3.8, 4) is 5.69 Å². The predicted octanol–water partition coefficient (Wildman–Crippen LogP) is 4.82. The first kappa shape index (κ1) is 17.9. The fourth-order valence-electron chi connectivity index (χ4n) is 3.05. The van der Waals surface area contributed by atoms with Crippen molar-refractivity contribution in [1.82, 2.24) is 9.78 Å². The molecule has 1 N–H and O–H groups in total. The fourth-order valence-corrected chi connectivity index (χ4v) is 3.05. The minimum absolute atomic E-state index is 0.132. The van der Waals surface area contributed by atoms with Crippen LogP contribution in [0, 0.1) is 6.92 Å². The molecule has 0 saturated heterocycles. The Bertz CT molecular complexity index is 854. The van der Waals surface area contributed by atoms with Crippen molar-refractivity contribution in [2.24, 2.45) is 0 Å². The van der Waals surface area contributed by atoms with Gasteiger partial charge >= 0.3 is 0 Å². The number of carbonyl (C=O) groups excluding carboxylic acids is 1. The Morgan fingerprint density at radius 3 is 2.35 bits per heavy atom. The molecule has 26 heavy (non-hydrogen) atoms. The molecule has 1 heterocycles. The lowest BCUT2D eigenvalue weighted by molar-refractivity contribution is 0.0983. The van der Waals surface area contributed by atoms with E-state index in [1.165, 1.54) is 5.56 Å². The highest BCUT2D eigenvalue weighted by atomic mass is 16.1. The van der Waals surface area contributed by atoms with Crippen LogP contribution < -0.4 is 5.32 Å². The van der Waals surface area contributed by atoms with Gasteiger partial charge in [0.2, 0.25) is 0 Å². The van der Waals surface area contributed by atoms with Gasteiger partial charge in [-0.05, 0) is 37.5 Å². The predicted molar refractivity (Wildman–Crippen MR) is 106 cm³/mol. The summed E-state index contributed by atoms with van der Waals surface area (Å²) in [6, 6.07) is 20.1. The number of para-hydroxylation sites is 1. The van der Waals surface area contributed by atoms with Gasteiger partial charge in [0.25, 0.3) is 0 Å². The van der Waals surface area contributed by atoms with E-state index in [4.69, 9.17) is 0 Å². The third kappa shape index (κ3) is 4.02. The van der Waals surface area contributed by atoms with Crippen LogP contribution in [-0.2, 0) is 6.42 Å². The van der Waals surface area contributed by atoms with Gasteiger partial charge in [0.05, 0.1) is 16.9 Å². The van der Waals surface area contributed by atoms with Crippen LogP contribution in [0.25, 0.3) is 5.69 Å². The maximum atomic E-state index is 13.0. The number of aromatic nitrogens is 2. The lowest BCUT2D eigenvalue weighted by Gasteiger charge is -2.11. The van der Waals surface area contributed by atoms with Crippen LogP contribution in [0.3, 0.4) is 0 Å². The van der Waals surface area contributed by atoms with Gasteiger partial charge in [-0.3, -0.25) is 4.79 Å². The van der Waals surface area contributed by atoms with E-state index in [0.29, 0.717) is 12.0 Å². The number of rotatable bonds is 8. The molecule has 0 aliphatic carbocycles. The Kier molecular flexibility index (Phi) is 5.84. The van der Waals surface area contributed by atoms with Crippen LogP contribution in [0.1, 0.15) is 41.4 Å². The first-order chi connectivity index (χ1) is 12.7. The zero-order valence-corrected chi connectivity index (χ0v) is 15.4. The SMILES string of the molecule is CCCNc1c(C(=O)CCc2ccccc2)c(C)nn1-c1ccccc1. The topological polar surface area (TPSA) is 46.9 Å². The van der Waals surface area contributed by atoms with E-state index in [2.05, 4.69) is 29.5 Å². The number of aryl methyl sites for hydroxylation is 2. The van der Waals surface area contributed by atoms with Gasteiger partial charge in [0.15, 0.2) is 5.78 Å². The molecule has 4 nitrogen and oxygen atoms in total. The van der Waals surface area contributed by atoms with Crippen LogP contribution >= 0.6 is 0 Å². The first-order valence-corrected chi connectivity index (χ1v) is 9.16. The minimum atomic E-state index is 0.132. The molecule has 0 radical (unpaired) electrons. The number of nitrogens with one attached hydrogen (secondary N) is 1. The Morgan fingerprint density at radius 1 is 1.04 bits per heavy atom. The monoisotopic (exact) mass is 347 g/mol. The largest absolute Gasteiger partial charge is 0.369 e. The summed E-state index contributed by atoms with van der Waals surface area (Å²) in [5, 5.41) is 8.05. The summed E-state index contributed by atoms with van der Waals surface area (Å²) in [5.74, 6) is 0.931. The van der Waals surface area contributed by atoms with Gasteiger partial charge in [0.1, 0.15) is 5.82 Å². The van der Waals surface area contributed by atoms with Crippen LogP contribution in [0.5, 0.6) is 0 Å². The molecule has 0 aliphatic heterocycles. The number of ketones is 1. The number of anilines is 1. The highest BCUT2D eigenvalue weighted by Gasteiger charge is 2.21. The summed E-state index contributed by atoms with van der Waals surface area (Å²) in [6.45, 7) is 4.82. The summed E-state index contributed by atoms with van der Waals surface area (Å²) < 4.78 is 1.85. The molecule has 1 aromatic heterocycles. The number of benzene rings is 2. The van der Waals surface area contributed by atoms with E-state index in [1.54, 1.807) is 0 Å². The van der Waals surface area contributed by atoms with Gasteiger partial charge in [0, 0.05) is 13.0 Å². The molecular formula is C22H25N3O. The Morgan fingerprint density at radius 2 is 1.69 bits per heavy atom. The molecule has 134 valence electrons. The normalized spacial score (nSPS) is 10.7. The number of hydrogen-bond donors (Lipinski definition) is 1. The van der Waals surface area contributed by atoms with E-state index in [-0.39, 0.29) is 5.78 Å². The molecule has 4 heteroatoms. The lowest BCUT2D eigenvalue weighted by Crippen LogP contribution is -2.11. The lowest BCUT2D eigenvalue weighted by atomic mass is 10.0. The first-order valence-electron chi connectivity index (χ1n) is 9.16. The number of nitrogens with zero attached hydrogens (tertiary/aromatic N) is 2. The molecule has 2 aromatic carbocycles. The third-order valence-corrected chi connectivity index (χ3v) is 4.37. The van der Waals surface area contributed by atoms with Crippen molar-refractivity contribution in [2.75, 3.05) is 11.9 Å². The minimum Gasteiger partial charge on any atom is -0.369 e. The van der Waals surface area contributed by atoms with Crippen molar-refractivity contribution in [3.63, 3.8) is 0 Å². The molecule has 0 saturated carbocycles. The molecule has 0 amide bonds. The summed E-state index contributed by atoms with van der Waals surface area (Å²) in [7, 11) is 0. The number of Topliss-reactive ketones (excluding diaryl/α,β-unsaturated/α-hetero) is 1. The van der Waals surface area contributed by atoms with Gasteiger partial charge in [-0.15, -0.1) is 0 Å². The maximum absolute atomic E-state index is 13.0. The van der Waals surface area contributed by atoms with Crippen LogP contribution in [0.15, 0.2) is 60.7 Å². The van der Waals surface area contributed by atoms with Crippen molar-refractivity contribution in [2.45, 2.75) is 33.1 Å². The second-order valence-electron chi connectivity index (χ2n) is 6.39. The Labute approximate surface area is 154 Å². The van der Waals surface area contributed by atoms with Gasteiger partial charge < -0.3 is 5.32 Å². The summed E-state index contributed by atoms with van der Waals surface area (Å²) in [5.41, 5.74) is 3.61. The average Bonchev–Trinajstić information content (AvgIpc) is 3.02. The summed E-state index contributed by atoms with van der Waals surface area (Å²) in [4.78, 5) is 13.0. The van der Waals surface area contributed by atoms with E-state index in [0.717, 1.165) is 36.6 Å².